The molecular formula is C15H23N. The minimum atomic E-state index is 0.172. The average molecular weight is 217 g/mol. The molecule has 0 aliphatic heterocycles. The van der Waals surface area contributed by atoms with Gasteiger partial charge < -0.3 is 5.73 Å². The van der Waals surface area contributed by atoms with E-state index in [2.05, 4.69) is 58.9 Å². The van der Waals surface area contributed by atoms with Crippen LogP contribution < -0.4 is 5.73 Å². The van der Waals surface area contributed by atoms with Gasteiger partial charge in [-0.1, -0.05) is 52.0 Å². The van der Waals surface area contributed by atoms with Crippen molar-refractivity contribution in [2.24, 2.45) is 22.5 Å². The summed E-state index contributed by atoms with van der Waals surface area (Å²) in [6, 6.07) is 8.66. The molecule has 0 saturated heterocycles. The van der Waals surface area contributed by atoms with Crippen LogP contribution in [0.3, 0.4) is 0 Å². The van der Waals surface area contributed by atoms with Gasteiger partial charge in [-0.2, -0.15) is 0 Å². The van der Waals surface area contributed by atoms with Crippen molar-refractivity contribution in [3.63, 3.8) is 0 Å². The maximum atomic E-state index is 6.45. The van der Waals surface area contributed by atoms with Gasteiger partial charge in [0.25, 0.3) is 0 Å². The minimum Gasteiger partial charge on any atom is -0.324 e. The molecular weight excluding hydrogens is 194 g/mol. The Kier molecular flexibility index (Phi) is 2.43. The molecule has 1 aromatic rings. The third-order valence-corrected chi connectivity index (χ3v) is 5.04. The number of rotatable bonds is 2. The molecule has 0 heterocycles. The summed E-state index contributed by atoms with van der Waals surface area (Å²) in [6.45, 7) is 11.5. The third kappa shape index (κ3) is 1.41. The Bertz CT molecular complexity index is 390. The summed E-state index contributed by atoms with van der Waals surface area (Å²) in [5.74, 6) is 0.584. The normalized spacial score (nSPS) is 24.1. The molecule has 1 saturated carbocycles. The van der Waals surface area contributed by atoms with Crippen molar-refractivity contribution in [1.29, 1.82) is 0 Å². The second kappa shape index (κ2) is 3.33. The largest absolute Gasteiger partial charge is 0.324 e. The van der Waals surface area contributed by atoms with E-state index in [0.717, 1.165) is 0 Å². The Hall–Kier alpha value is -0.820. The van der Waals surface area contributed by atoms with Crippen molar-refractivity contribution in [3.8, 4) is 0 Å². The number of aryl methyl sites for hydroxylation is 1. The molecule has 1 aromatic carbocycles. The molecule has 1 aliphatic carbocycles. The smallest absolute Gasteiger partial charge is 0.0336 e. The van der Waals surface area contributed by atoms with Crippen LogP contribution in [0.15, 0.2) is 24.3 Å². The minimum absolute atomic E-state index is 0.172. The van der Waals surface area contributed by atoms with E-state index in [0.29, 0.717) is 16.7 Å². The highest BCUT2D eigenvalue weighted by molar-refractivity contribution is 5.32. The first kappa shape index (κ1) is 11.7. The van der Waals surface area contributed by atoms with Crippen LogP contribution in [0.5, 0.6) is 0 Å². The molecule has 1 aliphatic rings. The van der Waals surface area contributed by atoms with Gasteiger partial charge in [-0.05, 0) is 34.8 Å². The summed E-state index contributed by atoms with van der Waals surface area (Å²) in [5, 5.41) is 0. The Labute approximate surface area is 99.0 Å². The highest BCUT2D eigenvalue weighted by Crippen LogP contribution is 2.71. The van der Waals surface area contributed by atoms with Gasteiger partial charge in [0.2, 0.25) is 0 Å². The lowest BCUT2D eigenvalue weighted by Crippen LogP contribution is -2.17. The third-order valence-electron chi connectivity index (χ3n) is 5.04. The lowest BCUT2D eigenvalue weighted by molar-refractivity contribution is 0.457. The summed E-state index contributed by atoms with van der Waals surface area (Å²) < 4.78 is 0. The Morgan fingerprint density at radius 1 is 1.06 bits per heavy atom. The SMILES string of the molecule is Cc1ccccc1C(N)C1C(C)(C)C1(C)C. The topological polar surface area (TPSA) is 26.0 Å². The molecule has 0 amide bonds. The van der Waals surface area contributed by atoms with Gasteiger partial charge in [-0.25, -0.2) is 0 Å². The standard InChI is InChI=1S/C15H23N/c1-10-8-6-7-9-11(10)12(16)13-14(2,3)15(13,4)5/h6-9,12-13H,16H2,1-5H3. The molecule has 2 rings (SSSR count). The van der Waals surface area contributed by atoms with Crippen molar-refractivity contribution in [3.05, 3.63) is 35.4 Å². The summed E-state index contributed by atoms with van der Waals surface area (Å²) in [4.78, 5) is 0. The van der Waals surface area contributed by atoms with Crippen LogP contribution in [0.4, 0.5) is 0 Å². The van der Waals surface area contributed by atoms with Crippen molar-refractivity contribution in [2.75, 3.05) is 0 Å². The number of hydrogen-bond acceptors (Lipinski definition) is 1. The maximum Gasteiger partial charge on any atom is 0.0336 e. The van der Waals surface area contributed by atoms with Crippen LogP contribution >= 0.6 is 0 Å². The lowest BCUT2D eigenvalue weighted by Gasteiger charge is -2.16. The number of hydrogen-bond donors (Lipinski definition) is 1. The van der Waals surface area contributed by atoms with E-state index in [1.807, 2.05) is 0 Å². The molecule has 1 heteroatoms. The van der Waals surface area contributed by atoms with E-state index in [-0.39, 0.29) is 6.04 Å². The van der Waals surface area contributed by atoms with Crippen LogP contribution in [-0.2, 0) is 0 Å². The highest BCUT2D eigenvalue weighted by Gasteiger charge is 2.66. The summed E-state index contributed by atoms with van der Waals surface area (Å²) in [7, 11) is 0. The fourth-order valence-electron chi connectivity index (χ4n) is 3.29. The first-order valence-electron chi connectivity index (χ1n) is 6.11. The zero-order valence-corrected chi connectivity index (χ0v) is 11.0. The van der Waals surface area contributed by atoms with Gasteiger partial charge in [0, 0.05) is 6.04 Å². The fourth-order valence-corrected chi connectivity index (χ4v) is 3.29. The predicted octanol–water partition coefficient (Wildman–Crippen LogP) is 3.68. The second-order valence-corrected chi connectivity index (χ2v) is 6.30. The Morgan fingerprint density at radius 2 is 1.56 bits per heavy atom. The van der Waals surface area contributed by atoms with E-state index in [4.69, 9.17) is 5.73 Å². The molecule has 88 valence electrons. The first-order valence-corrected chi connectivity index (χ1v) is 6.11. The zero-order valence-electron chi connectivity index (χ0n) is 11.0. The Balaban J connectivity index is 2.29. The molecule has 16 heavy (non-hydrogen) atoms. The number of nitrogens with two attached hydrogens (primary N) is 1. The molecule has 0 bridgehead atoms. The molecule has 2 N–H and O–H groups in total. The van der Waals surface area contributed by atoms with Crippen LogP contribution in [0.2, 0.25) is 0 Å². The van der Waals surface area contributed by atoms with Gasteiger partial charge in [-0.3, -0.25) is 0 Å². The molecule has 1 fully saturated rings. The molecule has 0 aromatic heterocycles. The van der Waals surface area contributed by atoms with Gasteiger partial charge in [0.15, 0.2) is 0 Å². The molecule has 1 unspecified atom stereocenters. The van der Waals surface area contributed by atoms with E-state index in [1.165, 1.54) is 11.1 Å². The predicted molar refractivity (Wildman–Crippen MR) is 69.2 cm³/mol. The summed E-state index contributed by atoms with van der Waals surface area (Å²) >= 11 is 0. The summed E-state index contributed by atoms with van der Waals surface area (Å²) in [5.41, 5.74) is 9.79. The van der Waals surface area contributed by atoms with Gasteiger partial charge in [0.1, 0.15) is 0 Å². The lowest BCUT2D eigenvalue weighted by atomic mass is 9.94. The van der Waals surface area contributed by atoms with E-state index in [1.54, 1.807) is 0 Å². The van der Waals surface area contributed by atoms with Crippen molar-refractivity contribution < 1.29 is 0 Å². The van der Waals surface area contributed by atoms with E-state index < -0.39 is 0 Å². The van der Waals surface area contributed by atoms with Gasteiger partial charge in [0.05, 0.1) is 0 Å². The van der Waals surface area contributed by atoms with Crippen LogP contribution in [0.25, 0.3) is 0 Å². The van der Waals surface area contributed by atoms with Gasteiger partial charge in [-0.15, -0.1) is 0 Å². The van der Waals surface area contributed by atoms with E-state index >= 15 is 0 Å². The number of benzene rings is 1. The average Bonchev–Trinajstić information content (AvgIpc) is 2.57. The van der Waals surface area contributed by atoms with Gasteiger partial charge >= 0.3 is 0 Å². The monoisotopic (exact) mass is 217 g/mol. The second-order valence-electron chi connectivity index (χ2n) is 6.30. The highest BCUT2D eigenvalue weighted by atomic mass is 14.8. The molecule has 0 radical (unpaired) electrons. The Morgan fingerprint density at radius 3 is 2.00 bits per heavy atom. The fraction of sp³-hybridized carbons (Fsp3) is 0.600. The van der Waals surface area contributed by atoms with E-state index in [9.17, 15) is 0 Å². The van der Waals surface area contributed by atoms with Crippen LogP contribution in [0.1, 0.15) is 44.9 Å². The first-order chi connectivity index (χ1) is 7.30. The van der Waals surface area contributed by atoms with Crippen LogP contribution in [-0.4, -0.2) is 0 Å². The summed E-state index contributed by atoms with van der Waals surface area (Å²) in [6.07, 6.45) is 0. The quantitative estimate of drug-likeness (QED) is 0.803. The van der Waals surface area contributed by atoms with Crippen molar-refractivity contribution in [1.82, 2.24) is 0 Å². The van der Waals surface area contributed by atoms with Crippen molar-refractivity contribution in [2.45, 2.75) is 40.7 Å². The maximum absolute atomic E-state index is 6.45. The molecule has 1 nitrogen and oxygen atoms in total. The molecule has 0 spiro atoms. The van der Waals surface area contributed by atoms with Crippen LogP contribution in [0, 0.1) is 23.7 Å². The molecule has 1 atom stereocenters. The zero-order chi connectivity index (χ0) is 12.1. The van der Waals surface area contributed by atoms with Crippen molar-refractivity contribution >= 4 is 0 Å².